The fourth-order valence-electron chi connectivity index (χ4n) is 4.63. The lowest BCUT2D eigenvalue weighted by Gasteiger charge is -2.34. The lowest BCUT2D eigenvalue weighted by molar-refractivity contribution is -0.148. The Morgan fingerprint density at radius 3 is 1.96 bits per heavy atom. The van der Waals surface area contributed by atoms with Crippen molar-refractivity contribution in [3.8, 4) is 0 Å². The van der Waals surface area contributed by atoms with E-state index in [4.69, 9.17) is 0 Å². The summed E-state index contributed by atoms with van der Waals surface area (Å²) in [6, 6.07) is 0. The van der Waals surface area contributed by atoms with Crippen molar-refractivity contribution in [3.63, 3.8) is 0 Å². The number of fused-ring (bicyclic) bond motifs is 5. The van der Waals surface area contributed by atoms with Crippen molar-refractivity contribution < 1.29 is 19.2 Å². The van der Waals surface area contributed by atoms with Gasteiger partial charge in [-0.3, -0.25) is 24.1 Å². The second-order valence-corrected chi connectivity index (χ2v) is 7.15. The molecule has 0 N–H and O–H groups in total. The molecule has 2 heterocycles. The zero-order valence-corrected chi connectivity index (χ0v) is 13.7. The Morgan fingerprint density at radius 1 is 0.958 bits per heavy atom. The molecule has 4 unspecified atom stereocenters. The highest BCUT2D eigenvalue weighted by Crippen LogP contribution is 2.52. The Hall–Kier alpha value is -2.18. The monoisotopic (exact) mass is 331 g/mol. The predicted octanol–water partition coefficient (Wildman–Crippen LogP) is -0.516. The minimum Gasteiger partial charge on any atom is -0.339 e. The van der Waals surface area contributed by atoms with E-state index in [1.165, 1.54) is 11.8 Å². The molecule has 0 aromatic rings. The summed E-state index contributed by atoms with van der Waals surface area (Å²) >= 11 is 0. The summed E-state index contributed by atoms with van der Waals surface area (Å²) in [5, 5.41) is 0. The van der Waals surface area contributed by atoms with E-state index in [9.17, 15) is 19.2 Å². The molecular weight excluding hydrogens is 310 g/mol. The Bertz CT molecular complexity index is 620. The first kappa shape index (κ1) is 15.4. The average molecular weight is 331 g/mol. The average Bonchev–Trinajstić information content (AvgIpc) is 3.24. The quantitative estimate of drug-likeness (QED) is 0.504. The number of hydrogen-bond acceptors (Lipinski definition) is 4. The van der Waals surface area contributed by atoms with Gasteiger partial charge in [0.2, 0.25) is 23.6 Å². The van der Waals surface area contributed by atoms with Gasteiger partial charge in [-0.1, -0.05) is 12.2 Å². The van der Waals surface area contributed by atoms with Crippen molar-refractivity contribution in [2.24, 2.45) is 23.7 Å². The zero-order valence-electron chi connectivity index (χ0n) is 13.7. The molecule has 0 aromatic carbocycles. The molecule has 2 bridgehead atoms. The van der Waals surface area contributed by atoms with Gasteiger partial charge in [0.25, 0.3) is 0 Å². The number of rotatable bonds is 2. The maximum absolute atomic E-state index is 12.6. The molecule has 4 rings (SSSR count). The van der Waals surface area contributed by atoms with E-state index in [2.05, 4.69) is 0 Å². The summed E-state index contributed by atoms with van der Waals surface area (Å²) in [4.78, 5) is 53.5. The van der Waals surface area contributed by atoms with E-state index in [0.29, 0.717) is 26.2 Å². The minimum atomic E-state index is -0.255. The van der Waals surface area contributed by atoms with Crippen LogP contribution in [-0.2, 0) is 19.2 Å². The van der Waals surface area contributed by atoms with E-state index in [1.807, 2.05) is 12.2 Å². The third kappa shape index (κ3) is 2.17. The lowest BCUT2D eigenvalue weighted by Crippen LogP contribution is -2.52. The van der Waals surface area contributed by atoms with Crippen LogP contribution in [-0.4, -0.2) is 71.1 Å². The van der Waals surface area contributed by atoms with Gasteiger partial charge in [-0.05, 0) is 18.3 Å². The fraction of sp³-hybridized carbons (Fsp3) is 0.647. The van der Waals surface area contributed by atoms with Gasteiger partial charge in [0.1, 0.15) is 6.54 Å². The van der Waals surface area contributed by atoms with Crippen LogP contribution in [0.3, 0.4) is 0 Å². The Kier molecular flexibility index (Phi) is 3.47. The van der Waals surface area contributed by atoms with Crippen molar-refractivity contribution in [3.05, 3.63) is 12.2 Å². The Balaban J connectivity index is 1.40. The van der Waals surface area contributed by atoms with Crippen LogP contribution in [0.4, 0.5) is 0 Å². The van der Waals surface area contributed by atoms with Crippen molar-refractivity contribution in [2.75, 3.05) is 32.7 Å². The summed E-state index contributed by atoms with van der Waals surface area (Å²) in [5.41, 5.74) is 0. The number of nitrogens with zero attached hydrogens (tertiary/aromatic N) is 3. The van der Waals surface area contributed by atoms with Gasteiger partial charge < -0.3 is 9.80 Å². The molecule has 4 atom stereocenters. The van der Waals surface area contributed by atoms with Crippen LogP contribution in [0.2, 0.25) is 0 Å². The molecule has 2 aliphatic heterocycles. The van der Waals surface area contributed by atoms with Crippen molar-refractivity contribution in [2.45, 2.75) is 13.3 Å². The fourth-order valence-corrected chi connectivity index (χ4v) is 4.63. The van der Waals surface area contributed by atoms with E-state index in [1.54, 1.807) is 9.80 Å². The molecule has 0 radical (unpaired) electrons. The van der Waals surface area contributed by atoms with Crippen LogP contribution in [0.1, 0.15) is 13.3 Å². The number of allylic oxidation sites excluding steroid dienone is 2. The SMILES string of the molecule is CC(=O)N1CCN(C(=O)CN2C(=O)C3C4C=CC(C4)C3C2=O)CC1. The largest absolute Gasteiger partial charge is 0.339 e. The molecule has 7 heteroatoms. The molecule has 2 aliphatic carbocycles. The third-order valence-electron chi connectivity index (χ3n) is 5.93. The number of amides is 4. The Morgan fingerprint density at radius 2 is 1.46 bits per heavy atom. The predicted molar refractivity (Wildman–Crippen MR) is 83.3 cm³/mol. The number of likely N-dealkylation sites (tertiary alicyclic amines) is 1. The number of hydrogen-bond donors (Lipinski definition) is 0. The van der Waals surface area contributed by atoms with Crippen LogP contribution >= 0.6 is 0 Å². The zero-order chi connectivity index (χ0) is 17.0. The maximum Gasteiger partial charge on any atom is 0.242 e. The summed E-state index contributed by atoms with van der Waals surface area (Å²) < 4.78 is 0. The number of piperazine rings is 1. The number of imide groups is 1. The van der Waals surface area contributed by atoms with Crippen LogP contribution in [0.25, 0.3) is 0 Å². The molecule has 2 saturated heterocycles. The van der Waals surface area contributed by atoms with Gasteiger partial charge in [0.15, 0.2) is 0 Å². The van der Waals surface area contributed by atoms with E-state index >= 15 is 0 Å². The molecule has 0 aromatic heterocycles. The summed E-state index contributed by atoms with van der Waals surface area (Å²) in [5.74, 6) is -0.755. The highest BCUT2D eigenvalue weighted by Gasteiger charge is 2.59. The van der Waals surface area contributed by atoms with E-state index < -0.39 is 0 Å². The molecule has 0 spiro atoms. The summed E-state index contributed by atoms with van der Waals surface area (Å²) in [6.07, 6.45) is 4.98. The van der Waals surface area contributed by atoms with Crippen molar-refractivity contribution >= 4 is 23.6 Å². The highest BCUT2D eigenvalue weighted by molar-refractivity contribution is 6.08. The van der Waals surface area contributed by atoms with E-state index in [0.717, 1.165) is 6.42 Å². The second kappa shape index (κ2) is 5.43. The maximum atomic E-state index is 12.6. The Labute approximate surface area is 140 Å². The second-order valence-electron chi connectivity index (χ2n) is 7.15. The molecule has 3 fully saturated rings. The van der Waals surface area contributed by atoms with Gasteiger partial charge >= 0.3 is 0 Å². The van der Waals surface area contributed by atoms with Crippen molar-refractivity contribution in [1.82, 2.24) is 14.7 Å². The van der Waals surface area contributed by atoms with Gasteiger partial charge in [0, 0.05) is 33.1 Å². The van der Waals surface area contributed by atoms with Crippen LogP contribution in [0.5, 0.6) is 0 Å². The first-order valence-electron chi connectivity index (χ1n) is 8.54. The van der Waals surface area contributed by atoms with Gasteiger partial charge in [-0.15, -0.1) is 0 Å². The van der Waals surface area contributed by atoms with Gasteiger partial charge in [0.05, 0.1) is 11.8 Å². The van der Waals surface area contributed by atoms with Crippen molar-refractivity contribution in [1.29, 1.82) is 0 Å². The standard InChI is InChI=1S/C17H21N3O4/c1-10(21)18-4-6-19(7-5-18)13(22)9-20-16(23)14-11-2-3-12(8-11)15(14)17(20)24/h2-3,11-12,14-15H,4-9H2,1H3. The summed E-state index contributed by atoms with van der Waals surface area (Å²) in [7, 11) is 0. The molecule has 4 aliphatic rings. The van der Waals surface area contributed by atoms with Gasteiger partial charge in [-0.25, -0.2) is 0 Å². The first-order chi connectivity index (χ1) is 11.5. The molecule has 24 heavy (non-hydrogen) atoms. The van der Waals surface area contributed by atoms with Crippen LogP contribution in [0.15, 0.2) is 12.2 Å². The van der Waals surface area contributed by atoms with Gasteiger partial charge in [-0.2, -0.15) is 0 Å². The third-order valence-corrected chi connectivity index (χ3v) is 5.93. The summed E-state index contributed by atoms with van der Waals surface area (Å²) in [6.45, 7) is 3.26. The lowest BCUT2D eigenvalue weighted by atomic mass is 9.85. The van der Waals surface area contributed by atoms with E-state index in [-0.39, 0.29) is 53.8 Å². The topological polar surface area (TPSA) is 78.0 Å². The molecule has 4 amide bonds. The minimum absolute atomic E-state index is 0.00259. The molecule has 1 saturated carbocycles. The molecular formula is C17H21N3O4. The number of carbonyl (C=O) groups is 4. The molecule has 7 nitrogen and oxygen atoms in total. The van der Waals surface area contributed by atoms with Crippen LogP contribution in [0, 0.1) is 23.7 Å². The smallest absolute Gasteiger partial charge is 0.242 e. The normalized spacial score (nSPS) is 34.3. The highest BCUT2D eigenvalue weighted by atomic mass is 16.2. The number of carbonyl (C=O) groups excluding carboxylic acids is 4. The first-order valence-corrected chi connectivity index (χ1v) is 8.54. The van der Waals surface area contributed by atoms with Crippen LogP contribution < -0.4 is 0 Å². The molecule has 128 valence electrons.